The van der Waals surface area contributed by atoms with Gasteiger partial charge < -0.3 is 29.9 Å². The average Bonchev–Trinajstić information content (AvgIpc) is 3.51. The maximum Gasteiger partial charge on any atom is 0.387 e. The molecule has 2 N–H and O–H groups in total. The van der Waals surface area contributed by atoms with Crippen LogP contribution < -0.4 is 20.3 Å². The van der Waals surface area contributed by atoms with E-state index in [9.17, 15) is 13.6 Å². The Kier molecular flexibility index (Phi) is 7.49. The van der Waals surface area contributed by atoms with Gasteiger partial charge in [0.15, 0.2) is 11.6 Å². The number of hydrogen-bond acceptors (Lipinski definition) is 9. The van der Waals surface area contributed by atoms with Gasteiger partial charge in [-0.2, -0.15) is 13.8 Å². The number of pyridine rings is 1. The van der Waals surface area contributed by atoms with Gasteiger partial charge in [-0.15, -0.1) is 0 Å². The summed E-state index contributed by atoms with van der Waals surface area (Å²) in [5.74, 6) is 1.67. The van der Waals surface area contributed by atoms with E-state index >= 15 is 0 Å². The Morgan fingerprint density at radius 2 is 1.95 bits per heavy atom. The smallest absolute Gasteiger partial charge is 0.387 e. The number of piperazine rings is 1. The number of nitrogens with two attached hydrogens (primary N) is 1. The molecule has 10 nitrogen and oxygen atoms in total. The molecule has 4 aliphatic rings. The molecule has 39 heavy (non-hydrogen) atoms. The highest BCUT2D eigenvalue weighted by atomic mass is 19.3. The Morgan fingerprint density at radius 1 is 1.18 bits per heavy atom. The fraction of sp³-hybridized carbons (Fsp3) is 0.630. The molecule has 4 fully saturated rings. The fourth-order valence-corrected chi connectivity index (χ4v) is 5.80. The molecule has 1 saturated carbocycles. The molecule has 1 atom stereocenters. The van der Waals surface area contributed by atoms with Gasteiger partial charge in [-0.25, -0.2) is 9.97 Å². The molecule has 2 aromatic heterocycles. The highest BCUT2D eigenvalue weighted by Crippen LogP contribution is 2.43. The van der Waals surface area contributed by atoms with E-state index in [4.69, 9.17) is 20.4 Å². The molecule has 3 saturated heterocycles. The van der Waals surface area contributed by atoms with E-state index in [0.29, 0.717) is 48.8 Å². The summed E-state index contributed by atoms with van der Waals surface area (Å²) >= 11 is 0. The van der Waals surface area contributed by atoms with Gasteiger partial charge in [0.25, 0.3) is 5.91 Å². The predicted molar refractivity (Wildman–Crippen MR) is 144 cm³/mol. The number of ether oxygens (including phenoxy) is 2. The monoisotopic (exact) mass is 545 g/mol. The van der Waals surface area contributed by atoms with Gasteiger partial charge in [0.2, 0.25) is 5.95 Å². The molecule has 5 heterocycles. The lowest BCUT2D eigenvalue weighted by atomic mass is 9.86. The molecule has 12 heteroatoms. The van der Waals surface area contributed by atoms with Gasteiger partial charge in [-0.3, -0.25) is 4.79 Å². The molecule has 2 aromatic rings. The van der Waals surface area contributed by atoms with Crippen LogP contribution in [-0.2, 0) is 9.53 Å². The van der Waals surface area contributed by atoms with Crippen LogP contribution in [0.3, 0.4) is 0 Å². The van der Waals surface area contributed by atoms with Crippen molar-refractivity contribution in [3.05, 3.63) is 18.3 Å². The zero-order valence-corrected chi connectivity index (χ0v) is 22.9. The average molecular weight is 546 g/mol. The van der Waals surface area contributed by atoms with Gasteiger partial charge in [0.05, 0.1) is 5.69 Å². The molecular weight excluding hydrogens is 508 g/mol. The topological polar surface area (TPSA) is 110 Å². The largest absolute Gasteiger partial charge is 0.431 e. The zero-order valence-electron chi connectivity index (χ0n) is 22.9. The lowest BCUT2D eigenvalue weighted by molar-refractivity contribution is -0.151. The first-order valence-electron chi connectivity index (χ1n) is 13.6. The molecule has 2 bridgehead atoms. The van der Waals surface area contributed by atoms with E-state index in [1.54, 1.807) is 21.0 Å². The number of nitrogens with zero attached hydrogens (tertiary/aromatic N) is 6. The third-order valence-corrected chi connectivity index (χ3v) is 8.17. The SMILES string of the molecule is CCC[C@H]1CN(C(=O)C(C)(C)OC)CCN1c1cc(-c2cnc(N)c(OC(F)F)c2)nc(N2CC3CC2C3)n1. The minimum Gasteiger partial charge on any atom is -0.431 e. The maximum absolute atomic E-state index is 13.2. The minimum atomic E-state index is -3.02. The molecular formula is C27H37F2N7O3. The summed E-state index contributed by atoms with van der Waals surface area (Å²) in [5.41, 5.74) is 5.96. The second-order valence-electron chi connectivity index (χ2n) is 11.1. The molecule has 0 aromatic carbocycles. The summed E-state index contributed by atoms with van der Waals surface area (Å²) in [7, 11) is 1.55. The fourth-order valence-electron chi connectivity index (χ4n) is 5.80. The first kappa shape index (κ1) is 27.3. The number of methoxy groups -OCH3 is 1. The number of carbonyl (C=O) groups excluding carboxylic acids is 1. The number of anilines is 3. The molecule has 0 unspecified atom stereocenters. The molecule has 0 radical (unpaired) electrons. The van der Waals surface area contributed by atoms with Crippen LogP contribution in [-0.4, -0.2) is 83.3 Å². The Bertz CT molecular complexity index is 1210. The standard InChI is InChI=1S/C27H37F2N7O3/c1-5-6-18-15-34(24(37)27(2,3)38-4)7-8-35(18)22-12-20(17-11-21(39-25(28)29)23(30)31-13-17)32-26(33-22)36-14-16-9-19(36)10-16/h11-13,16,18-19,25H,5-10,14-15H2,1-4H3,(H2,30,31)/t16?,18-,19?/m0/s1. The second-order valence-corrected chi connectivity index (χ2v) is 11.1. The quantitative estimate of drug-likeness (QED) is 0.506. The molecule has 212 valence electrons. The van der Waals surface area contributed by atoms with E-state index in [-0.39, 0.29) is 23.5 Å². The lowest BCUT2D eigenvalue weighted by Gasteiger charge is -2.44. The second kappa shape index (κ2) is 10.7. The van der Waals surface area contributed by atoms with Crippen molar-refractivity contribution in [2.45, 2.75) is 70.8 Å². The van der Waals surface area contributed by atoms with Crippen molar-refractivity contribution in [3.8, 4) is 17.0 Å². The number of amides is 1. The predicted octanol–water partition coefficient (Wildman–Crippen LogP) is 3.56. The van der Waals surface area contributed by atoms with Crippen LogP contribution in [0.5, 0.6) is 5.75 Å². The van der Waals surface area contributed by atoms with Crippen molar-refractivity contribution in [3.63, 3.8) is 0 Å². The maximum atomic E-state index is 13.2. The summed E-state index contributed by atoms with van der Waals surface area (Å²) in [4.78, 5) is 33.5. The number of halogens is 2. The lowest BCUT2D eigenvalue weighted by Crippen LogP contribution is -2.59. The Balaban J connectivity index is 1.50. The highest BCUT2D eigenvalue weighted by Gasteiger charge is 2.44. The van der Waals surface area contributed by atoms with E-state index in [1.807, 2.05) is 11.0 Å². The van der Waals surface area contributed by atoms with Gasteiger partial charge >= 0.3 is 6.61 Å². The number of alkyl halides is 2. The summed E-state index contributed by atoms with van der Waals surface area (Å²) in [5, 5.41) is 0. The van der Waals surface area contributed by atoms with E-state index < -0.39 is 12.2 Å². The third-order valence-electron chi connectivity index (χ3n) is 8.17. The van der Waals surface area contributed by atoms with Gasteiger partial charge in [0, 0.05) is 63.2 Å². The number of hydrogen-bond donors (Lipinski definition) is 1. The number of carbonyl (C=O) groups is 1. The Labute approximate surface area is 227 Å². The molecule has 0 spiro atoms. The van der Waals surface area contributed by atoms with E-state index in [0.717, 1.165) is 38.0 Å². The van der Waals surface area contributed by atoms with Crippen LogP contribution in [0.2, 0.25) is 0 Å². The highest BCUT2D eigenvalue weighted by molar-refractivity contribution is 5.84. The van der Waals surface area contributed by atoms with Gasteiger partial charge in [-0.05, 0) is 45.1 Å². The molecule has 6 rings (SSSR count). The van der Waals surface area contributed by atoms with Crippen LogP contribution in [0.15, 0.2) is 18.3 Å². The van der Waals surface area contributed by atoms with Crippen molar-refractivity contribution < 1.29 is 23.0 Å². The summed E-state index contributed by atoms with van der Waals surface area (Å²) in [6, 6.07) is 3.77. The van der Waals surface area contributed by atoms with Crippen LogP contribution in [0.1, 0.15) is 46.5 Å². The number of nitrogen functional groups attached to an aromatic ring is 1. The third kappa shape index (κ3) is 5.43. The normalized spacial score (nSPS) is 22.8. The van der Waals surface area contributed by atoms with Crippen LogP contribution in [0.4, 0.5) is 26.4 Å². The van der Waals surface area contributed by atoms with E-state index in [1.165, 1.54) is 12.3 Å². The van der Waals surface area contributed by atoms with E-state index in [2.05, 4.69) is 26.4 Å². The van der Waals surface area contributed by atoms with Crippen LogP contribution in [0.25, 0.3) is 11.3 Å². The minimum absolute atomic E-state index is 0.0360. The van der Waals surface area contributed by atoms with Crippen LogP contribution in [0, 0.1) is 5.92 Å². The van der Waals surface area contributed by atoms with Gasteiger partial charge in [-0.1, -0.05) is 13.3 Å². The summed E-state index contributed by atoms with van der Waals surface area (Å²) < 4.78 is 36.0. The summed E-state index contributed by atoms with van der Waals surface area (Å²) in [6.07, 6.45) is 5.59. The Hall–Kier alpha value is -3.28. The summed E-state index contributed by atoms with van der Waals surface area (Å²) in [6.45, 7) is 5.26. The van der Waals surface area contributed by atoms with Crippen LogP contribution >= 0.6 is 0 Å². The van der Waals surface area contributed by atoms with Crippen molar-refractivity contribution >= 4 is 23.5 Å². The van der Waals surface area contributed by atoms with Crippen molar-refractivity contribution in [1.29, 1.82) is 0 Å². The molecule has 1 aliphatic carbocycles. The molecule has 1 amide bonds. The molecule has 3 aliphatic heterocycles. The van der Waals surface area contributed by atoms with Crippen molar-refractivity contribution in [2.75, 3.05) is 48.8 Å². The van der Waals surface area contributed by atoms with Crippen molar-refractivity contribution in [1.82, 2.24) is 19.9 Å². The first-order chi connectivity index (χ1) is 18.6. The number of fused-ring (bicyclic) bond motifs is 1. The number of aromatic nitrogens is 3. The van der Waals surface area contributed by atoms with Crippen molar-refractivity contribution in [2.24, 2.45) is 5.92 Å². The Morgan fingerprint density at radius 3 is 2.59 bits per heavy atom. The number of rotatable bonds is 9. The zero-order chi connectivity index (χ0) is 27.9. The van der Waals surface area contributed by atoms with Gasteiger partial charge in [0.1, 0.15) is 11.4 Å². The first-order valence-corrected chi connectivity index (χ1v) is 13.6.